The Hall–Kier alpha value is -1.36. The molecule has 18 heavy (non-hydrogen) atoms. The molecule has 0 aliphatic carbocycles. The third-order valence-corrected chi connectivity index (χ3v) is 2.20. The second kappa shape index (κ2) is 12.1. The zero-order chi connectivity index (χ0) is 14.6. The van der Waals surface area contributed by atoms with Crippen LogP contribution < -0.4 is 5.73 Å². The van der Waals surface area contributed by atoms with Crippen molar-refractivity contribution in [3.05, 3.63) is 24.3 Å². The van der Waals surface area contributed by atoms with E-state index in [9.17, 15) is 9.59 Å². The van der Waals surface area contributed by atoms with Crippen LogP contribution in [-0.2, 0) is 4.79 Å². The average Bonchev–Trinajstić information content (AvgIpc) is 2.45. The summed E-state index contributed by atoms with van der Waals surface area (Å²) in [6, 6.07) is -0.725. The van der Waals surface area contributed by atoms with Crippen LogP contribution in [0.2, 0.25) is 0 Å². The summed E-state index contributed by atoms with van der Waals surface area (Å²) in [5.74, 6) is 0.491. The lowest BCUT2D eigenvalue weighted by Crippen LogP contribution is -2.07. The number of ketones is 1. The molecule has 0 radical (unpaired) electrons. The molecule has 1 aliphatic heterocycles. The largest absolute Gasteiger partial charge is 0.350 e. The van der Waals surface area contributed by atoms with Crippen molar-refractivity contribution in [3.8, 4) is 0 Å². The molecular formula is C13H24N2O2S. The molecule has 2 amide bonds. The van der Waals surface area contributed by atoms with Crippen molar-refractivity contribution in [1.82, 2.24) is 0 Å². The van der Waals surface area contributed by atoms with Crippen LogP contribution in [0.1, 0.15) is 35.5 Å². The summed E-state index contributed by atoms with van der Waals surface area (Å²) >= 11 is 1.23. The maximum atomic E-state index is 10.9. The number of carbonyl (C=O) groups is 2. The second-order valence-electron chi connectivity index (χ2n) is 3.43. The van der Waals surface area contributed by atoms with Gasteiger partial charge in [0, 0.05) is 7.85 Å². The molecule has 0 saturated heterocycles. The summed E-state index contributed by atoms with van der Waals surface area (Å²) in [7, 11) is 0. The van der Waals surface area contributed by atoms with Gasteiger partial charge in [-0.15, -0.1) is 6.58 Å². The molecule has 0 aromatic heterocycles. The van der Waals surface area contributed by atoms with Crippen molar-refractivity contribution >= 4 is 28.6 Å². The summed E-state index contributed by atoms with van der Waals surface area (Å²) < 4.78 is 0. The fourth-order valence-corrected chi connectivity index (χ4v) is 1.50. The van der Waals surface area contributed by atoms with E-state index in [-0.39, 0.29) is 7.21 Å². The minimum Gasteiger partial charge on any atom is -0.350 e. The number of carbonyl (C=O) groups excluding carboxylic acids is 2. The van der Waals surface area contributed by atoms with Crippen molar-refractivity contribution < 1.29 is 11.0 Å². The molecule has 1 rings (SSSR count). The molecule has 0 aromatic carbocycles. The standard InChI is InChI=1S/C7H8N2O2S.C4H8.C2H6.H2/c8-7(11)9-6-3-1-2-5(10)4-12-6;1-4(2)3;1-2;/h1,3H,2,4H2,(H2,8,11);1H2,2-3H3;1-2H3;1H/b9-6-;;;. The Morgan fingerprint density at radius 1 is 1.50 bits per heavy atom. The van der Waals surface area contributed by atoms with Gasteiger partial charge in [-0.3, -0.25) is 4.79 Å². The van der Waals surface area contributed by atoms with Gasteiger partial charge in [0.25, 0.3) is 0 Å². The van der Waals surface area contributed by atoms with Gasteiger partial charge in [0.2, 0.25) is 0 Å². The fourth-order valence-electron chi connectivity index (χ4n) is 0.731. The number of primary amides is 1. The third kappa shape index (κ3) is 14.6. The van der Waals surface area contributed by atoms with Crippen LogP contribution in [0.15, 0.2) is 29.3 Å². The highest BCUT2D eigenvalue weighted by Crippen LogP contribution is 2.11. The summed E-state index contributed by atoms with van der Waals surface area (Å²) in [4.78, 5) is 24.7. The lowest BCUT2D eigenvalue weighted by molar-refractivity contribution is -0.115. The molecule has 4 nitrogen and oxygen atoms in total. The van der Waals surface area contributed by atoms with Crippen LogP contribution in [0.3, 0.4) is 0 Å². The monoisotopic (exact) mass is 272 g/mol. The first kappa shape index (κ1) is 19.0. The van der Waals surface area contributed by atoms with Crippen LogP contribution in [0.5, 0.6) is 0 Å². The van der Waals surface area contributed by atoms with E-state index in [0.29, 0.717) is 17.2 Å². The molecule has 0 aromatic rings. The first-order valence-corrected chi connectivity index (χ1v) is 6.71. The van der Waals surface area contributed by atoms with E-state index in [4.69, 9.17) is 5.73 Å². The van der Waals surface area contributed by atoms with E-state index in [2.05, 4.69) is 11.6 Å². The summed E-state index contributed by atoms with van der Waals surface area (Å²) in [6.45, 7) is 11.5. The smallest absolute Gasteiger partial charge is 0.339 e. The lowest BCUT2D eigenvalue weighted by Gasteiger charge is -1.93. The zero-order valence-electron chi connectivity index (χ0n) is 11.5. The molecule has 0 bridgehead atoms. The zero-order valence-corrected chi connectivity index (χ0v) is 12.3. The Kier molecular flexibility index (Phi) is 12.8. The SMILES string of the molecule is C=C(C)C.CC.NC(=O)/N=C1/C=CCC(=O)CS1.[HH]. The van der Waals surface area contributed by atoms with Gasteiger partial charge in [-0.1, -0.05) is 37.3 Å². The van der Waals surface area contributed by atoms with Crippen LogP contribution >= 0.6 is 11.8 Å². The number of amides is 2. The van der Waals surface area contributed by atoms with Crippen molar-refractivity contribution in [2.24, 2.45) is 10.7 Å². The Morgan fingerprint density at radius 2 is 2.00 bits per heavy atom. The van der Waals surface area contributed by atoms with Crippen molar-refractivity contribution in [2.75, 3.05) is 5.75 Å². The van der Waals surface area contributed by atoms with Crippen molar-refractivity contribution in [3.63, 3.8) is 0 Å². The number of thioether (sulfide) groups is 1. The van der Waals surface area contributed by atoms with Crippen LogP contribution in [0.4, 0.5) is 4.79 Å². The molecule has 0 fully saturated rings. The number of Topliss-reactive ketones (excluding diaryl/α,β-unsaturated/α-hetero) is 1. The predicted octanol–water partition coefficient (Wildman–Crippen LogP) is 3.58. The molecule has 0 spiro atoms. The number of aliphatic imine (C=N–C) groups is 1. The van der Waals surface area contributed by atoms with Gasteiger partial charge in [-0.2, -0.15) is 4.99 Å². The van der Waals surface area contributed by atoms with E-state index in [1.165, 1.54) is 17.3 Å². The maximum Gasteiger partial charge on any atom is 0.339 e. The number of rotatable bonds is 0. The van der Waals surface area contributed by atoms with E-state index >= 15 is 0 Å². The third-order valence-electron chi connectivity index (χ3n) is 1.21. The van der Waals surface area contributed by atoms with Crippen molar-refractivity contribution in [1.29, 1.82) is 0 Å². The number of nitrogens with two attached hydrogens (primary N) is 1. The van der Waals surface area contributed by atoms with E-state index in [1.54, 1.807) is 12.2 Å². The Labute approximate surface area is 115 Å². The van der Waals surface area contributed by atoms with Gasteiger partial charge in [-0.25, -0.2) is 4.79 Å². The van der Waals surface area contributed by atoms with Crippen molar-refractivity contribution in [2.45, 2.75) is 34.1 Å². The molecule has 1 heterocycles. The predicted molar refractivity (Wildman–Crippen MR) is 82.2 cm³/mol. The number of hydrogen-bond donors (Lipinski definition) is 1. The molecule has 0 saturated carbocycles. The number of urea groups is 1. The molecule has 104 valence electrons. The number of hydrogen-bond acceptors (Lipinski definition) is 3. The summed E-state index contributed by atoms with van der Waals surface area (Å²) in [5, 5.41) is 0.508. The molecule has 0 atom stereocenters. The first-order valence-electron chi connectivity index (χ1n) is 5.73. The quantitative estimate of drug-likeness (QED) is 0.685. The van der Waals surface area contributed by atoms with Crippen LogP contribution in [0, 0.1) is 0 Å². The average molecular weight is 272 g/mol. The fraction of sp³-hybridized carbons (Fsp3) is 0.462. The van der Waals surface area contributed by atoms with Gasteiger partial charge in [0.05, 0.1) is 5.75 Å². The number of nitrogens with zero attached hydrogens (tertiary/aromatic N) is 1. The van der Waals surface area contributed by atoms with Gasteiger partial charge in [0.15, 0.2) is 0 Å². The van der Waals surface area contributed by atoms with E-state index < -0.39 is 6.03 Å². The first-order chi connectivity index (χ1) is 8.41. The van der Waals surface area contributed by atoms with Gasteiger partial charge in [-0.05, 0) is 19.9 Å². The topological polar surface area (TPSA) is 72.5 Å². The molecule has 2 N–H and O–H groups in total. The Morgan fingerprint density at radius 3 is 2.44 bits per heavy atom. The lowest BCUT2D eigenvalue weighted by atomic mass is 10.3. The Balaban J connectivity index is -0.000000316. The highest BCUT2D eigenvalue weighted by atomic mass is 32.2. The normalized spacial score (nSPS) is 15.8. The number of allylic oxidation sites excluding steroid dienone is 2. The van der Waals surface area contributed by atoms with Gasteiger partial charge >= 0.3 is 6.03 Å². The Bertz CT molecular complexity index is 349. The highest BCUT2D eigenvalue weighted by Gasteiger charge is 2.07. The maximum absolute atomic E-state index is 10.9. The molecule has 1 aliphatic rings. The van der Waals surface area contributed by atoms with E-state index in [1.807, 2.05) is 27.7 Å². The molecule has 5 heteroatoms. The summed E-state index contributed by atoms with van der Waals surface area (Å²) in [5.41, 5.74) is 6.02. The van der Waals surface area contributed by atoms with E-state index in [0.717, 1.165) is 0 Å². The minimum atomic E-state index is -0.725. The van der Waals surface area contributed by atoms with Crippen LogP contribution in [-0.4, -0.2) is 22.6 Å². The van der Waals surface area contributed by atoms with Gasteiger partial charge < -0.3 is 5.73 Å². The molecular weight excluding hydrogens is 248 g/mol. The highest BCUT2D eigenvalue weighted by molar-refractivity contribution is 8.14. The van der Waals surface area contributed by atoms with Gasteiger partial charge in [0.1, 0.15) is 10.8 Å². The minimum absolute atomic E-state index is 0. The summed E-state index contributed by atoms with van der Waals surface area (Å²) in [6.07, 6.45) is 3.73. The second-order valence-corrected chi connectivity index (χ2v) is 4.42. The molecule has 0 unspecified atom stereocenters. The van der Waals surface area contributed by atoms with Crippen LogP contribution in [0.25, 0.3) is 0 Å².